The van der Waals surface area contributed by atoms with Gasteiger partial charge in [0.15, 0.2) is 12.3 Å². The predicted molar refractivity (Wildman–Crippen MR) is 153 cm³/mol. The fourth-order valence-corrected chi connectivity index (χ4v) is 5.64. The van der Waals surface area contributed by atoms with Gasteiger partial charge in [-0.3, -0.25) is 14.4 Å². The normalized spacial score (nSPS) is 21.0. The summed E-state index contributed by atoms with van der Waals surface area (Å²) >= 11 is 0. The number of unbranched alkanes of at least 4 members (excludes halogenated alkanes) is 1. The van der Waals surface area contributed by atoms with Crippen molar-refractivity contribution in [3.8, 4) is 5.75 Å². The summed E-state index contributed by atoms with van der Waals surface area (Å²) in [5.74, 6) is -0.368. The highest BCUT2D eigenvalue weighted by Crippen LogP contribution is 2.32. The van der Waals surface area contributed by atoms with Crippen molar-refractivity contribution in [2.75, 3.05) is 6.54 Å². The molecule has 3 amide bonds. The summed E-state index contributed by atoms with van der Waals surface area (Å²) in [4.78, 5) is 50.6. The maximum absolute atomic E-state index is 13.8. The minimum absolute atomic E-state index is 0.0318. The van der Waals surface area contributed by atoms with Crippen LogP contribution in [0.15, 0.2) is 66.7 Å². The molecule has 2 aliphatic heterocycles. The Morgan fingerprint density at radius 2 is 1.76 bits per heavy atom. The van der Waals surface area contributed by atoms with Gasteiger partial charge in [0.2, 0.25) is 5.91 Å². The number of phenolic OH excluding ortho intramolecular Hbond substituents is 1. The molecule has 3 aromatic rings. The van der Waals surface area contributed by atoms with Crippen molar-refractivity contribution in [3.63, 3.8) is 0 Å². The lowest BCUT2D eigenvalue weighted by Gasteiger charge is -2.53. The Hall–Kier alpha value is -4.11. The summed E-state index contributed by atoms with van der Waals surface area (Å²) in [6, 6.07) is 19.3. The molecule has 0 bridgehead atoms. The number of benzene rings is 3. The highest BCUT2D eigenvalue weighted by atomic mass is 16.7. The van der Waals surface area contributed by atoms with Gasteiger partial charge in [0, 0.05) is 12.5 Å². The number of fused-ring (bicyclic) bond motifs is 2. The van der Waals surface area contributed by atoms with Gasteiger partial charge < -0.3 is 19.6 Å². The molecule has 1 N–H and O–H groups in total. The summed E-state index contributed by atoms with van der Waals surface area (Å²) in [5, 5.41) is 12.9. The molecule has 2 fully saturated rings. The van der Waals surface area contributed by atoms with Crippen LogP contribution in [0, 0.1) is 0 Å². The van der Waals surface area contributed by atoms with Crippen molar-refractivity contribution in [1.82, 2.24) is 14.9 Å². The average molecular weight is 560 g/mol. The number of nitrogens with zero attached hydrogens (tertiary/aromatic N) is 3. The van der Waals surface area contributed by atoms with Gasteiger partial charge in [0.05, 0.1) is 6.54 Å². The lowest BCUT2D eigenvalue weighted by molar-refractivity contribution is -0.268. The summed E-state index contributed by atoms with van der Waals surface area (Å²) in [7, 11) is 0. The van der Waals surface area contributed by atoms with E-state index in [9.17, 15) is 19.5 Å². The molecule has 0 aromatic heterocycles. The molecule has 216 valence electrons. The fraction of sp³-hybridized carbons (Fsp3) is 0.406. The smallest absolute Gasteiger partial charge is 0.436 e. The zero-order valence-electron chi connectivity index (χ0n) is 23.7. The Labute approximate surface area is 240 Å². The molecule has 2 heterocycles. The third-order valence-corrected chi connectivity index (χ3v) is 7.85. The lowest BCUT2D eigenvalue weighted by Crippen LogP contribution is -2.74. The molecule has 2 saturated heterocycles. The number of aromatic hydroxyl groups is 1. The van der Waals surface area contributed by atoms with E-state index in [1.807, 2.05) is 63.2 Å². The van der Waals surface area contributed by atoms with Gasteiger partial charge in [0.1, 0.15) is 18.4 Å². The second-order valence-corrected chi connectivity index (χ2v) is 11.0. The van der Waals surface area contributed by atoms with E-state index in [0.29, 0.717) is 6.42 Å². The van der Waals surface area contributed by atoms with E-state index in [1.165, 1.54) is 9.96 Å². The van der Waals surface area contributed by atoms with Gasteiger partial charge in [-0.25, -0.2) is 4.79 Å². The van der Waals surface area contributed by atoms with Crippen molar-refractivity contribution in [3.05, 3.63) is 77.9 Å². The third-order valence-electron chi connectivity index (χ3n) is 7.85. The van der Waals surface area contributed by atoms with E-state index in [0.717, 1.165) is 34.7 Å². The number of ether oxygens (including phenoxy) is 1. The zero-order valence-corrected chi connectivity index (χ0v) is 23.7. The highest BCUT2D eigenvalue weighted by molar-refractivity contribution is 5.92. The molecule has 0 aliphatic carbocycles. The number of phenols is 1. The number of carbonyl (C=O) groups excluding carboxylic acids is 3. The molecular formula is C32H37N3O6. The standard InChI is InChI=1S/C32H37N3O6/c1-4-5-13-28-31(38)34-27(18-22-14-16-25(36)17-15-22)30(37)33(21(2)3)19-29(34)35(41-28)32(39)40-20-24-11-8-10-23-9-6-7-12-26(23)24/h6-12,14-17,21,27-29,36H,4-5,13,18-20H2,1-3H3/t27-,28+,29?/m0/s1. The number of hydrogen-bond acceptors (Lipinski definition) is 6. The van der Waals surface area contributed by atoms with E-state index in [1.54, 1.807) is 29.2 Å². The molecular weight excluding hydrogens is 522 g/mol. The number of hydrogen-bond donors (Lipinski definition) is 1. The van der Waals surface area contributed by atoms with E-state index >= 15 is 0 Å². The van der Waals surface area contributed by atoms with Crippen LogP contribution in [0.3, 0.4) is 0 Å². The molecule has 41 heavy (non-hydrogen) atoms. The first-order valence-electron chi connectivity index (χ1n) is 14.3. The van der Waals surface area contributed by atoms with Crippen LogP contribution in [0.25, 0.3) is 10.8 Å². The molecule has 0 radical (unpaired) electrons. The van der Waals surface area contributed by atoms with Crippen molar-refractivity contribution in [1.29, 1.82) is 0 Å². The molecule has 9 heteroatoms. The third kappa shape index (κ3) is 5.86. The first-order chi connectivity index (χ1) is 19.8. The van der Waals surface area contributed by atoms with E-state index < -0.39 is 24.4 Å². The topological polar surface area (TPSA) is 99.6 Å². The predicted octanol–water partition coefficient (Wildman–Crippen LogP) is 5.00. The van der Waals surface area contributed by atoms with Gasteiger partial charge in [0.25, 0.3) is 5.91 Å². The van der Waals surface area contributed by atoms with E-state index in [2.05, 4.69) is 0 Å². The number of hydroxylamine groups is 2. The van der Waals surface area contributed by atoms with Gasteiger partial charge in [-0.2, -0.15) is 5.06 Å². The molecule has 0 spiro atoms. The van der Waals surface area contributed by atoms with Gasteiger partial charge in [-0.1, -0.05) is 74.4 Å². The molecule has 1 unspecified atom stereocenters. The number of rotatable bonds is 8. The zero-order chi connectivity index (χ0) is 29.1. The first kappa shape index (κ1) is 28.4. The maximum atomic E-state index is 13.8. The van der Waals surface area contributed by atoms with Crippen LogP contribution < -0.4 is 0 Å². The van der Waals surface area contributed by atoms with Crippen molar-refractivity contribution >= 4 is 28.7 Å². The van der Waals surface area contributed by atoms with Gasteiger partial charge in [-0.15, -0.1) is 0 Å². The summed E-state index contributed by atoms with van der Waals surface area (Å²) in [6.45, 7) is 5.97. The highest BCUT2D eigenvalue weighted by Gasteiger charge is 2.53. The molecule has 2 aliphatic rings. The summed E-state index contributed by atoms with van der Waals surface area (Å²) < 4.78 is 5.79. The van der Waals surface area contributed by atoms with Crippen LogP contribution in [-0.2, 0) is 32.2 Å². The molecule has 3 aromatic carbocycles. The second kappa shape index (κ2) is 12.2. The monoisotopic (exact) mass is 559 g/mol. The van der Waals surface area contributed by atoms with Gasteiger partial charge in [-0.05, 0) is 54.3 Å². The van der Waals surface area contributed by atoms with Crippen LogP contribution in [0.1, 0.15) is 51.2 Å². The largest absolute Gasteiger partial charge is 0.508 e. The minimum Gasteiger partial charge on any atom is -0.508 e. The summed E-state index contributed by atoms with van der Waals surface area (Å²) in [5.41, 5.74) is 1.65. The summed E-state index contributed by atoms with van der Waals surface area (Å²) in [6.07, 6.45) is -0.228. The van der Waals surface area contributed by atoms with Crippen LogP contribution in [-0.4, -0.2) is 68.8 Å². The van der Waals surface area contributed by atoms with E-state index in [4.69, 9.17) is 9.57 Å². The van der Waals surface area contributed by atoms with Gasteiger partial charge >= 0.3 is 6.09 Å². The number of amides is 3. The molecule has 3 atom stereocenters. The lowest BCUT2D eigenvalue weighted by atomic mass is 9.97. The first-order valence-corrected chi connectivity index (χ1v) is 14.3. The van der Waals surface area contributed by atoms with Crippen LogP contribution >= 0.6 is 0 Å². The Kier molecular flexibility index (Phi) is 8.44. The van der Waals surface area contributed by atoms with E-state index in [-0.39, 0.29) is 43.2 Å². The fourth-order valence-electron chi connectivity index (χ4n) is 5.64. The van der Waals surface area contributed by atoms with Crippen LogP contribution in [0.4, 0.5) is 4.79 Å². The Balaban J connectivity index is 1.46. The Bertz CT molecular complexity index is 1400. The average Bonchev–Trinajstić information content (AvgIpc) is 2.97. The Morgan fingerprint density at radius 1 is 1.02 bits per heavy atom. The maximum Gasteiger partial charge on any atom is 0.436 e. The van der Waals surface area contributed by atoms with Crippen LogP contribution in [0.5, 0.6) is 5.75 Å². The quantitative estimate of drug-likeness (QED) is 0.417. The van der Waals surface area contributed by atoms with Crippen molar-refractivity contribution < 1.29 is 29.1 Å². The molecule has 9 nitrogen and oxygen atoms in total. The number of carbonyl (C=O) groups is 3. The number of piperazine rings is 1. The Morgan fingerprint density at radius 3 is 2.49 bits per heavy atom. The SMILES string of the molecule is CCCC[C@H]1ON(C(=O)OCc2cccc3ccccc23)C2CN(C(C)C)C(=O)[C@H](Cc3ccc(O)cc3)N2C1=O. The van der Waals surface area contributed by atoms with Crippen LogP contribution in [0.2, 0.25) is 0 Å². The van der Waals surface area contributed by atoms with Crippen molar-refractivity contribution in [2.45, 2.75) is 77.4 Å². The minimum atomic E-state index is -0.906. The van der Waals surface area contributed by atoms with Crippen molar-refractivity contribution in [2.24, 2.45) is 0 Å². The second-order valence-electron chi connectivity index (χ2n) is 11.0. The molecule has 5 rings (SSSR count). The molecule has 0 saturated carbocycles.